The summed E-state index contributed by atoms with van der Waals surface area (Å²) in [5.74, 6) is 0.0839. The van der Waals surface area contributed by atoms with Crippen LogP contribution in [0.5, 0.6) is 0 Å². The molecule has 0 spiro atoms. The molecule has 1 aromatic heterocycles. The van der Waals surface area contributed by atoms with Crippen LogP contribution >= 0.6 is 0 Å². The predicted molar refractivity (Wildman–Crippen MR) is 65.8 cm³/mol. The van der Waals surface area contributed by atoms with Gasteiger partial charge in [-0.2, -0.15) is 0 Å². The lowest BCUT2D eigenvalue weighted by Crippen LogP contribution is -2.38. The van der Waals surface area contributed by atoms with Crippen molar-refractivity contribution in [3.63, 3.8) is 0 Å². The van der Waals surface area contributed by atoms with Crippen LogP contribution in [0.2, 0.25) is 0 Å². The van der Waals surface area contributed by atoms with Crippen LogP contribution in [-0.4, -0.2) is 39.2 Å². The average molecular weight is 236 g/mol. The zero-order chi connectivity index (χ0) is 12.4. The minimum Gasteiger partial charge on any atom is -0.393 e. The van der Waals surface area contributed by atoms with Gasteiger partial charge < -0.3 is 14.6 Å². The highest BCUT2D eigenvalue weighted by atomic mass is 16.3. The zero-order valence-corrected chi connectivity index (χ0v) is 10.5. The fourth-order valence-corrected chi connectivity index (χ4v) is 2.57. The normalized spacial score (nSPS) is 21.8. The van der Waals surface area contributed by atoms with Gasteiger partial charge in [0.05, 0.1) is 6.10 Å². The lowest BCUT2D eigenvalue weighted by Gasteiger charge is -2.25. The molecule has 0 bridgehead atoms. The second kappa shape index (κ2) is 4.92. The molecule has 4 nitrogen and oxygen atoms in total. The van der Waals surface area contributed by atoms with E-state index in [9.17, 15) is 9.90 Å². The molecule has 2 heterocycles. The monoisotopic (exact) mass is 236 g/mol. The number of carbonyl (C=O) groups excluding carboxylic acids is 1. The van der Waals surface area contributed by atoms with E-state index in [0.29, 0.717) is 6.42 Å². The smallest absolute Gasteiger partial charge is 0.270 e. The van der Waals surface area contributed by atoms with Gasteiger partial charge in [0.15, 0.2) is 0 Å². The summed E-state index contributed by atoms with van der Waals surface area (Å²) in [6.45, 7) is 2.59. The van der Waals surface area contributed by atoms with E-state index in [4.69, 9.17) is 0 Å². The van der Waals surface area contributed by atoms with Gasteiger partial charge >= 0.3 is 0 Å². The van der Waals surface area contributed by atoms with Gasteiger partial charge in [0.25, 0.3) is 5.91 Å². The van der Waals surface area contributed by atoms with Crippen molar-refractivity contribution in [2.24, 2.45) is 7.05 Å². The highest BCUT2D eigenvalue weighted by molar-refractivity contribution is 5.93. The Morgan fingerprint density at radius 1 is 1.65 bits per heavy atom. The number of rotatable bonds is 3. The van der Waals surface area contributed by atoms with Gasteiger partial charge in [-0.3, -0.25) is 4.79 Å². The molecule has 1 N–H and O–H groups in total. The van der Waals surface area contributed by atoms with Gasteiger partial charge in [0.2, 0.25) is 0 Å². The molecule has 1 aliphatic rings. The minimum atomic E-state index is -0.346. The second-order valence-corrected chi connectivity index (χ2v) is 4.88. The summed E-state index contributed by atoms with van der Waals surface area (Å²) in [5, 5.41) is 9.45. The van der Waals surface area contributed by atoms with Crippen molar-refractivity contribution in [3.05, 3.63) is 24.0 Å². The summed E-state index contributed by atoms with van der Waals surface area (Å²) >= 11 is 0. The molecule has 2 atom stereocenters. The summed E-state index contributed by atoms with van der Waals surface area (Å²) in [6.07, 6.45) is 4.25. The Morgan fingerprint density at radius 2 is 2.41 bits per heavy atom. The molecule has 0 aliphatic carbocycles. The number of hydrogen-bond donors (Lipinski definition) is 1. The van der Waals surface area contributed by atoms with Gasteiger partial charge in [-0.05, 0) is 38.3 Å². The molecule has 0 aromatic carbocycles. The minimum absolute atomic E-state index is 0.0839. The number of hydrogen-bond acceptors (Lipinski definition) is 2. The van der Waals surface area contributed by atoms with Crippen LogP contribution in [0.15, 0.2) is 18.3 Å². The number of likely N-dealkylation sites (tertiary alicyclic amines) is 1. The lowest BCUT2D eigenvalue weighted by atomic mass is 10.1. The Hall–Kier alpha value is -1.29. The van der Waals surface area contributed by atoms with E-state index in [-0.39, 0.29) is 18.1 Å². The van der Waals surface area contributed by atoms with Gasteiger partial charge in [0, 0.05) is 25.8 Å². The maximum Gasteiger partial charge on any atom is 0.270 e. The third-order valence-corrected chi connectivity index (χ3v) is 3.41. The number of nitrogens with zero attached hydrogens (tertiary/aromatic N) is 2. The summed E-state index contributed by atoms with van der Waals surface area (Å²) < 4.78 is 1.85. The number of aromatic nitrogens is 1. The molecular weight excluding hydrogens is 216 g/mol. The number of aliphatic hydroxyl groups is 1. The third-order valence-electron chi connectivity index (χ3n) is 3.41. The second-order valence-electron chi connectivity index (χ2n) is 4.88. The Kier molecular flexibility index (Phi) is 3.52. The molecule has 4 heteroatoms. The SMILES string of the molecule is CC(O)CC1CCCN1C(=O)c1cccn1C. The van der Waals surface area contributed by atoms with E-state index in [2.05, 4.69) is 0 Å². The molecule has 1 amide bonds. The molecule has 1 fully saturated rings. The van der Waals surface area contributed by atoms with Gasteiger partial charge in [-0.15, -0.1) is 0 Å². The fraction of sp³-hybridized carbons (Fsp3) is 0.615. The van der Waals surface area contributed by atoms with E-state index >= 15 is 0 Å². The molecule has 2 rings (SSSR count). The predicted octanol–water partition coefficient (Wildman–Crippen LogP) is 1.40. The first kappa shape index (κ1) is 12.2. The topological polar surface area (TPSA) is 45.5 Å². The number of amides is 1. The van der Waals surface area contributed by atoms with Crippen molar-refractivity contribution >= 4 is 5.91 Å². The molecular formula is C13H20N2O2. The maximum absolute atomic E-state index is 12.3. The van der Waals surface area contributed by atoms with Gasteiger partial charge in [-0.25, -0.2) is 0 Å². The van der Waals surface area contributed by atoms with E-state index in [1.165, 1.54) is 0 Å². The van der Waals surface area contributed by atoms with Crippen LogP contribution in [0.25, 0.3) is 0 Å². The van der Waals surface area contributed by atoms with E-state index in [1.54, 1.807) is 6.92 Å². The summed E-state index contributed by atoms with van der Waals surface area (Å²) in [6, 6.07) is 3.92. The maximum atomic E-state index is 12.3. The standard InChI is InChI=1S/C13H20N2O2/c1-10(16)9-11-5-3-8-15(11)13(17)12-6-4-7-14(12)2/h4,6-7,10-11,16H,3,5,8-9H2,1-2H3. The summed E-state index contributed by atoms with van der Waals surface area (Å²) in [5.41, 5.74) is 0.725. The average Bonchev–Trinajstić information content (AvgIpc) is 2.85. The molecule has 17 heavy (non-hydrogen) atoms. The first-order valence-electron chi connectivity index (χ1n) is 6.20. The van der Waals surface area contributed by atoms with E-state index < -0.39 is 0 Å². The van der Waals surface area contributed by atoms with Crippen molar-refractivity contribution in [2.45, 2.75) is 38.3 Å². The van der Waals surface area contributed by atoms with Crippen molar-refractivity contribution in [3.8, 4) is 0 Å². The van der Waals surface area contributed by atoms with E-state index in [0.717, 1.165) is 25.1 Å². The summed E-state index contributed by atoms with van der Waals surface area (Å²) in [4.78, 5) is 14.2. The molecule has 94 valence electrons. The van der Waals surface area contributed by atoms with Crippen molar-refractivity contribution in [1.29, 1.82) is 0 Å². The van der Waals surface area contributed by atoms with Gasteiger partial charge in [0.1, 0.15) is 5.69 Å². The number of carbonyl (C=O) groups is 1. The van der Waals surface area contributed by atoms with Crippen LogP contribution in [0.1, 0.15) is 36.7 Å². The van der Waals surface area contributed by atoms with Crippen LogP contribution in [-0.2, 0) is 7.05 Å². The fourth-order valence-electron chi connectivity index (χ4n) is 2.57. The first-order chi connectivity index (χ1) is 8.09. The van der Waals surface area contributed by atoms with Crippen molar-refractivity contribution in [2.75, 3.05) is 6.54 Å². The zero-order valence-electron chi connectivity index (χ0n) is 10.5. The molecule has 1 saturated heterocycles. The highest BCUT2D eigenvalue weighted by Gasteiger charge is 2.30. The van der Waals surface area contributed by atoms with Crippen LogP contribution in [0.4, 0.5) is 0 Å². The number of aryl methyl sites for hydroxylation is 1. The molecule has 1 aliphatic heterocycles. The van der Waals surface area contributed by atoms with Crippen molar-refractivity contribution in [1.82, 2.24) is 9.47 Å². The Balaban J connectivity index is 2.11. The third kappa shape index (κ3) is 2.52. The first-order valence-corrected chi connectivity index (χ1v) is 6.20. The summed E-state index contributed by atoms with van der Waals surface area (Å²) in [7, 11) is 1.88. The Bertz CT molecular complexity index is 398. The Labute approximate surface area is 102 Å². The largest absolute Gasteiger partial charge is 0.393 e. The van der Waals surface area contributed by atoms with Gasteiger partial charge in [-0.1, -0.05) is 0 Å². The van der Waals surface area contributed by atoms with Crippen LogP contribution in [0.3, 0.4) is 0 Å². The Morgan fingerprint density at radius 3 is 3.00 bits per heavy atom. The molecule has 0 radical (unpaired) electrons. The molecule has 2 unspecified atom stereocenters. The van der Waals surface area contributed by atoms with E-state index in [1.807, 2.05) is 34.8 Å². The van der Waals surface area contributed by atoms with Crippen molar-refractivity contribution < 1.29 is 9.90 Å². The molecule has 1 aromatic rings. The quantitative estimate of drug-likeness (QED) is 0.862. The molecule has 0 saturated carbocycles. The number of aliphatic hydroxyl groups excluding tert-OH is 1. The lowest BCUT2D eigenvalue weighted by molar-refractivity contribution is 0.0673. The van der Waals surface area contributed by atoms with Crippen LogP contribution in [0, 0.1) is 0 Å². The highest BCUT2D eigenvalue weighted by Crippen LogP contribution is 2.23. The van der Waals surface area contributed by atoms with Crippen LogP contribution < -0.4 is 0 Å².